The van der Waals surface area contributed by atoms with Crippen LogP contribution in [0, 0.1) is 0 Å². The molecular weight excluding hydrogens is 202 g/mol. The van der Waals surface area contributed by atoms with Crippen molar-refractivity contribution in [1.29, 1.82) is 0 Å². The quantitative estimate of drug-likeness (QED) is 0.826. The van der Waals surface area contributed by atoms with Crippen molar-refractivity contribution >= 4 is 0 Å². The van der Waals surface area contributed by atoms with E-state index in [4.69, 9.17) is 10.5 Å². The first-order valence-corrected chi connectivity index (χ1v) is 6.09. The number of nitrogens with two attached hydrogens (primary N) is 1. The normalized spacial score (nSPS) is 19.1. The van der Waals surface area contributed by atoms with Crippen molar-refractivity contribution in [3.8, 4) is 0 Å². The van der Waals surface area contributed by atoms with Gasteiger partial charge in [0.15, 0.2) is 0 Å². The number of nitrogens with zero attached hydrogens (tertiary/aromatic N) is 2. The van der Waals surface area contributed by atoms with E-state index in [9.17, 15) is 0 Å². The van der Waals surface area contributed by atoms with Crippen LogP contribution in [0.1, 0.15) is 38.3 Å². The Bertz CT molecular complexity index is 329. The Morgan fingerprint density at radius 1 is 1.50 bits per heavy atom. The molecule has 0 atom stereocenters. The van der Waals surface area contributed by atoms with Gasteiger partial charge in [-0.3, -0.25) is 0 Å². The second-order valence-electron chi connectivity index (χ2n) is 4.73. The molecule has 1 aromatic rings. The molecule has 1 aromatic heterocycles. The highest BCUT2D eigenvalue weighted by molar-refractivity contribution is 4.96. The molecule has 4 nitrogen and oxygen atoms in total. The lowest BCUT2D eigenvalue weighted by Gasteiger charge is -2.23. The van der Waals surface area contributed by atoms with Crippen LogP contribution in [0.25, 0.3) is 0 Å². The van der Waals surface area contributed by atoms with Gasteiger partial charge in [0.1, 0.15) is 0 Å². The lowest BCUT2D eigenvalue weighted by Crippen LogP contribution is -2.41. The number of rotatable bonds is 5. The first-order chi connectivity index (χ1) is 7.73. The minimum absolute atomic E-state index is 0.0724. The van der Waals surface area contributed by atoms with Gasteiger partial charge in [0.05, 0.1) is 31.4 Å². The Labute approximate surface area is 96.8 Å². The summed E-state index contributed by atoms with van der Waals surface area (Å²) in [6.45, 7) is 4.33. The standard InChI is InChI=1S/C12H21N3O/c1-2-15-10-14-7-11(15)8-16-9-12(13)5-3-4-6-12/h7,10H,2-6,8-9,13H2,1H3. The predicted molar refractivity (Wildman–Crippen MR) is 62.9 cm³/mol. The fourth-order valence-corrected chi connectivity index (χ4v) is 2.34. The number of aryl methyl sites for hydroxylation is 1. The summed E-state index contributed by atoms with van der Waals surface area (Å²) in [5, 5.41) is 0. The molecule has 0 bridgehead atoms. The highest BCUT2D eigenvalue weighted by Gasteiger charge is 2.29. The predicted octanol–water partition coefficient (Wildman–Crippen LogP) is 1.69. The zero-order valence-corrected chi connectivity index (χ0v) is 9.98. The average Bonchev–Trinajstić information content (AvgIpc) is 2.88. The molecule has 0 aromatic carbocycles. The summed E-state index contributed by atoms with van der Waals surface area (Å²) < 4.78 is 7.82. The molecule has 0 unspecified atom stereocenters. The van der Waals surface area contributed by atoms with Crippen molar-refractivity contribution in [2.24, 2.45) is 5.73 Å². The van der Waals surface area contributed by atoms with Crippen molar-refractivity contribution < 1.29 is 4.74 Å². The van der Waals surface area contributed by atoms with Crippen molar-refractivity contribution in [2.75, 3.05) is 6.61 Å². The smallest absolute Gasteiger partial charge is 0.0948 e. The Morgan fingerprint density at radius 2 is 2.25 bits per heavy atom. The van der Waals surface area contributed by atoms with Gasteiger partial charge in [-0.15, -0.1) is 0 Å². The van der Waals surface area contributed by atoms with Crippen LogP contribution in [0.4, 0.5) is 0 Å². The van der Waals surface area contributed by atoms with Crippen LogP contribution in [-0.2, 0) is 17.9 Å². The van der Waals surface area contributed by atoms with E-state index < -0.39 is 0 Å². The summed E-state index contributed by atoms with van der Waals surface area (Å²) in [6, 6.07) is 0. The van der Waals surface area contributed by atoms with Crippen LogP contribution >= 0.6 is 0 Å². The van der Waals surface area contributed by atoms with Crippen molar-refractivity contribution in [3.05, 3.63) is 18.2 Å². The summed E-state index contributed by atoms with van der Waals surface area (Å²) in [6.07, 6.45) is 8.38. The third-order valence-corrected chi connectivity index (χ3v) is 3.38. The lowest BCUT2D eigenvalue weighted by molar-refractivity contribution is 0.0715. The number of ether oxygens (including phenoxy) is 1. The van der Waals surface area contributed by atoms with Gasteiger partial charge in [-0.2, -0.15) is 0 Å². The number of aromatic nitrogens is 2. The molecule has 0 radical (unpaired) electrons. The van der Waals surface area contributed by atoms with Gasteiger partial charge in [-0.1, -0.05) is 12.8 Å². The number of hydrogen-bond acceptors (Lipinski definition) is 3. The second kappa shape index (κ2) is 4.97. The molecule has 90 valence electrons. The number of hydrogen-bond donors (Lipinski definition) is 1. The summed E-state index contributed by atoms with van der Waals surface area (Å²) in [5.74, 6) is 0. The summed E-state index contributed by atoms with van der Waals surface area (Å²) in [4.78, 5) is 4.11. The lowest BCUT2D eigenvalue weighted by atomic mass is 10.0. The largest absolute Gasteiger partial charge is 0.373 e. The van der Waals surface area contributed by atoms with Crippen LogP contribution in [0.5, 0.6) is 0 Å². The van der Waals surface area contributed by atoms with E-state index >= 15 is 0 Å². The molecule has 4 heteroatoms. The Morgan fingerprint density at radius 3 is 2.94 bits per heavy atom. The molecule has 16 heavy (non-hydrogen) atoms. The highest BCUT2D eigenvalue weighted by atomic mass is 16.5. The van der Waals surface area contributed by atoms with Crippen LogP contribution in [-0.4, -0.2) is 21.7 Å². The van der Waals surface area contributed by atoms with Gasteiger partial charge in [0.25, 0.3) is 0 Å². The van der Waals surface area contributed by atoms with E-state index in [0.717, 1.165) is 25.1 Å². The van der Waals surface area contributed by atoms with Gasteiger partial charge < -0.3 is 15.0 Å². The minimum atomic E-state index is -0.0724. The third kappa shape index (κ3) is 2.62. The Balaban J connectivity index is 1.79. The maximum absolute atomic E-state index is 6.22. The van der Waals surface area contributed by atoms with Crippen LogP contribution in [0.15, 0.2) is 12.5 Å². The molecule has 1 fully saturated rings. The summed E-state index contributed by atoms with van der Waals surface area (Å²) in [7, 11) is 0. The van der Waals surface area contributed by atoms with Crippen LogP contribution in [0.3, 0.4) is 0 Å². The van der Waals surface area contributed by atoms with Gasteiger partial charge in [0.2, 0.25) is 0 Å². The van der Waals surface area contributed by atoms with Crippen LogP contribution < -0.4 is 5.73 Å². The zero-order chi connectivity index (χ0) is 11.4. The van der Waals surface area contributed by atoms with Gasteiger partial charge in [0, 0.05) is 12.1 Å². The third-order valence-electron chi connectivity index (χ3n) is 3.38. The monoisotopic (exact) mass is 223 g/mol. The van der Waals surface area contributed by atoms with Gasteiger partial charge >= 0.3 is 0 Å². The molecule has 0 aliphatic heterocycles. The van der Waals surface area contributed by atoms with E-state index in [2.05, 4.69) is 16.5 Å². The molecule has 1 saturated carbocycles. The average molecular weight is 223 g/mol. The molecule has 1 aliphatic rings. The van der Waals surface area contributed by atoms with Gasteiger partial charge in [-0.05, 0) is 19.8 Å². The number of imidazole rings is 1. The van der Waals surface area contributed by atoms with Crippen molar-refractivity contribution in [3.63, 3.8) is 0 Å². The molecule has 0 spiro atoms. The first kappa shape index (κ1) is 11.6. The minimum Gasteiger partial charge on any atom is -0.373 e. The molecule has 0 saturated heterocycles. The van der Waals surface area contributed by atoms with E-state index in [-0.39, 0.29) is 5.54 Å². The molecule has 0 amide bonds. The maximum atomic E-state index is 6.22. The van der Waals surface area contributed by atoms with E-state index in [0.29, 0.717) is 13.2 Å². The SMILES string of the molecule is CCn1cncc1COCC1(N)CCCC1. The molecule has 1 aliphatic carbocycles. The fourth-order valence-electron chi connectivity index (χ4n) is 2.34. The van der Waals surface area contributed by atoms with Crippen LogP contribution in [0.2, 0.25) is 0 Å². The molecule has 2 N–H and O–H groups in total. The maximum Gasteiger partial charge on any atom is 0.0948 e. The fraction of sp³-hybridized carbons (Fsp3) is 0.750. The second-order valence-corrected chi connectivity index (χ2v) is 4.73. The van der Waals surface area contributed by atoms with Crippen molar-refractivity contribution in [1.82, 2.24) is 9.55 Å². The Hall–Kier alpha value is -0.870. The molecule has 2 rings (SSSR count). The Kier molecular flexibility index (Phi) is 3.61. The highest BCUT2D eigenvalue weighted by Crippen LogP contribution is 2.27. The summed E-state index contributed by atoms with van der Waals surface area (Å²) >= 11 is 0. The molecule has 1 heterocycles. The van der Waals surface area contributed by atoms with E-state index in [1.54, 1.807) is 0 Å². The first-order valence-electron chi connectivity index (χ1n) is 6.09. The van der Waals surface area contributed by atoms with E-state index in [1.807, 2.05) is 12.5 Å². The van der Waals surface area contributed by atoms with Gasteiger partial charge in [-0.25, -0.2) is 4.98 Å². The topological polar surface area (TPSA) is 53.1 Å². The zero-order valence-electron chi connectivity index (χ0n) is 9.98. The summed E-state index contributed by atoms with van der Waals surface area (Å²) in [5.41, 5.74) is 7.28. The molecular formula is C12H21N3O. The van der Waals surface area contributed by atoms with Crippen molar-refractivity contribution in [2.45, 2.75) is 51.3 Å². The van der Waals surface area contributed by atoms with E-state index in [1.165, 1.54) is 12.8 Å².